The normalized spacial score (nSPS) is 35.6. The molecule has 2 atom stereocenters. The number of hydrogen-bond donors (Lipinski definition) is 0. The highest BCUT2D eigenvalue weighted by Crippen LogP contribution is 2.56. The molecule has 0 spiro atoms. The monoisotopic (exact) mass is 256 g/mol. The SMILES string of the molecule is CC1(C)CCC2C(C#N)(C#N)CC=CCC2(C)C1=O. The van der Waals surface area contributed by atoms with Gasteiger partial charge in [0.2, 0.25) is 0 Å². The van der Waals surface area contributed by atoms with Crippen LogP contribution in [0.15, 0.2) is 12.2 Å². The number of allylic oxidation sites excluding steroid dienone is 2. The summed E-state index contributed by atoms with van der Waals surface area (Å²) in [5.41, 5.74) is -1.98. The Morgan fingerprint density at radius 2 is 1.74 bits per heavy atom. The Bertz CT molecular complexity index is 504. The summed E-state index contributed by atoms with van der Waals surface area (Å²) in [6, 6.07) is 4.43. The average molecular weight is 256 g/mol. The molecular weight excluding hydrogens is 236 g/mol. The fourth-order valence-electron chi connectivity index (χ4n) is 3.91. The first kappa shape index (κ1) is 13.8. The van der Waals surface area contributed by atoms with E-state index in [0.29, 0.717) is 12.8 Å². The van der Waals surface area contributed by atoms with E-state index in [4.69, 9.17) is 0 Å². The van der Waals surface area contributed by atoms with Gasteiger partial charge in [0.25, 0.3) is 0 Å². The van der Waals surface area contributed by atoms with Gasteiger partial charge in [-0.2, -0.15) is 10.5 Å². The summed E-state index contributed by atoms with van der Waals surface area (Å²) in [5.74, 6) is 0.0446. The van der Waals surface area contributed by atoms with E-state index >= 15 is 0 Å². The molecule has 0 N–H and O–H groups in total. The van der Waals surface area contributed by atoms with E-state index in [1.54, 1.807) is 0 Å². The van der Waals surface area contributed by atoms with Crippen LogP contribution in [-0.2, 0) is 4.79 Å². The Hall–Kier alpha value is -1.61. The maximum absolute atomic E-state index is 12.8. The standard InChI is InChI=1S/C16H20N2O/c1-14(2)9-6-12-15(3,13(14)19)7-4-5-8-16(12,10-17)11-18/h4-5,12H,6-9H2,1-3H3. The summed E-state index contributed by atoms with van der Waals surface area (Å²) in [6.07, 6.45) is 6.49. The van der Waals surface area contributed by atoms with Crippen molar-refractivity contribution in [2.24, 2.45) is 22.2 Å². The molecule has 0 aromatic rings. The summed E-state index contributed by atoms with van der Waals surface area (Å²) >= 11 is 0. The number of rotatable bonds is 0. The van der Waals surface area contributed by atoms with Gasteiger partial charge >= 0.3 is 0 Å². The summed E-state index contributed by atoms with van der Waals surface area (Å²) < 4.78 is 0. The lowest BCUT2D eigenvalue weighted by Crippen LogP contribution is -2.52. The van der Waals surface area contributed by atoms with Gasteiger partial charge in [0.1, 0.15) is 5.78 Å². The lowest BCUT2D eigenvalue weighted by Gasteiger charge is -2.49. The van der Waals surface area contributed by atoms with Crippen LogP contribution in [0.5, 0.6) is 0 Å². The first-order valence-electron chi connectivity index (χ1n) is 6.85. The van der Waals surface area contributed by atoms with Crippen molar-refractivity contribution in [1.29, 1.82) is 10.5 Å². The van der Waals surface area contributed by atoms with E-state index in [9.17, 15) is 15.3 Å². The number of fused-ring (bicyclic) bond motifs is 1. The van der Waals surface area contributed by atoms with Crippen molar-refractivity contribution in [1.82, 2.24) is 0 Å². The van der Waals surface area contributed by atoms with Gasteiger partial charge in [-0.3, -0.25) is 4.79 Å². The van der Waals surface area contributed by atoms with Gasteiger partial charge in [-0.25, -0.2) is 0 Å². The number of carbonyl (C=O) groups is 1. The van der Waals surface area contributed by atoms with Crippen LogP contribution in [0.1, 0.15) is 46.5 Å². The van der Waals surface area contributed by atoms with Crippen LogP contribution in [0, 0.1) is 44.8 Å². The second kappa shape index (κ2) is 4.20. The van der Waals surface area contributed by atoms with Gasteiger partial charge in [-0.05, 0) is 25.7 Å². The second-order valence-corrected chi connectivity index (χ2v) is 6.80. The predicted molar refractivity (Wildman–Crippen MR) is 71.7 cm³/mol. The zero-order valence-corrected chi connectivity index (χ0v) is 11.9. The zero-order valence-electron chi connectivity index (χ0n) is 11.9. The van der Waals surface area contributed by atoms with Crippen LogP contribution in [0.3, 0.4) is 0 Å². The molecule has 1 saturated carbocycles. The van der Waals surface area contributed by atoms with E-state index in [0.717, 1.165) is 12.8 Å². The van der Waals surface area contributed by atoms with Crippen molar-refractivity contribution in [3.8, 4) is 12.1 Å². The first-order chi connectivity index (χ1) is 8.82. The highest BCUT2D eigenvalue weighted by molar-refractivity contribution is 5.91. The third-order valence-corrected chi connectivity index (χ3v) is 5.10. The van der Waals surface area contributed by atoms with Crippen molar-refractivity contribution in [3.05, 3.63) is 12.2 Å². The summed E-state index contributed by atoms with van der Waals surface area (Å²) in [5, 5.41) is 19.0. The number of carbonyl (C=O) groups excluding carboxylic acids is 1. The largest absolute Gasteiger partial charge is 0.298 e. The van der Waals surface area contributed by atoms with Crippen LogP contribution < -0.4 is 0 Å². The van der Waals surface area contributed by atoms with E-state index in [-0.39, 0.29) is 17.1 Å². The molecule has 0 saturated heterocycles. The van der Waals surface area contributed by atoms with Crippen molar-refractivity contribution in [2.75, 3.05) is 0 Å². The number of nitriles is 2. The highest BCUT2D eigenvalue weighted by Gasteiger charge is 2.58. The third kappa shape index (κ3) is 1.80. The number of ketones is 1. The topological polar surface area (TPSA) is 64.7 Å². The van der Waals surface area contributed by atoms with Crippen LogP contribution in [0.25, 0.3) is 0 Å². The fraction of sp³-hybridized carbons (Fsp3) is 0.688. The van der Waals surface area contributed by atoms with Gasteiger partial charge < -0.3 is 0 Å². The van der Waals surface area contributed by atoms with Crippen molar-refractivity contribution in [3.63, 3.8) is 0 Å². The summed E-state index contributed by atoms with van der Waals surface area (Å²) in [7, 11) is 0. The highest BCUT2D eigenvalue weighted by atomic mass is 16.1. The molecule has 19 heavy (non-hydrogen) atoms. The zero-order chi connectivity index (χ0) is 14.3. The Morgan fingerprint density at radius 1 is 1.16 bits per heavy atom. The molecule has 2 aliphatic carbocycles. The average Bonchev–Trinajstić information content (AvgIpc) is 2.53. The summed E-state index contributed by atoms with van der Waals surface area (Å²) in [6.45, 7) is 5.90. The number of hydrogen-bond acceptors (Lipinski definition) is 3. The molecule has 100 valence electrons. The molecule has 2 unspecified atom stereocenters. The molecule has 2 rings (SSSR count). The summed E-state index contributed by atoms with van der Waals surface area (Å²) in [4.78, 5) is 12.8. The van der Waals surface area contributed by atoms with Gasteiger partial charge in [0, 0.05) is 16.7 Å². The van der Waals surface area contributed by atoms with E-state index < -0.39 is 10.8 Å². The molecule has 0 radical (unpaired) electrons. The van der Waals surface area contributed by atoms with E-state index in [1.807, 2.05) is 32.9 Å². The molecule has 3 heteroatoms. The molecule has 0 bridgehead atoms. The van der Waals surface area contributed by atoms with Gasteiger partial charge in [0.15, 0.2) is 5.41 Å². The van der Waals surface area contributed by atoms with E-state index in [2.05, 4.69) is 12.1 Å². The Balaban J connectivity index is 2.56. The molecule has 0 aromatic heterocycles. The lowest BCUT2D eigenvalue weighted by molar-refractivity contribution is -0.147. The van der Waals surface area contributed by atoms with Crippen LogP contribution in [0.2, 0.25) is 0 Å². The fourth-order valence-corrected chi connectivity index (χ4v) is 3.91. The molecule has 0 aliphatic heterocycles. The molecule has 0 amide bonds. The Kier molecular flexibility index (Phi) is 3.06. The van der Waals surface area contributed by atoms with Crippen LogP contribution in [0.4, 0.5) is 0 Å². The quantitative estimate of drug-likeness (QED) is 0.624. The van der Waals surface area contributed by atoms with Gasteiger partial charge in [0.05, 0.1) is 12.1 Å². The van der Waals surface area contributed by atoms with E-state index in [1.165, 1.54) is 0 Å². The lowest BCUT2D eigenvalue weighted by atomic mass is 9.51. The molecular formula is C16H20N2O. The molecule has 3 nitrogen and oxygen atoms in total. The molecule has 0 aromatic carbocycles. The Morgan fingerprint density at radius 3 is 2.32 bits per heavy atom. The minimum absolute atomic E-state index is 0.162. The number of Topliss-reactive ketones (excluding diaryl/α,β-unsaturated/α-hetero) is 1. The minimum Gasteiger partial charge on any atom is -0.298 e. The van der Waals surface area contributed by atoms with Crippen molar-refractivity contribution < 1.29 is 4.79 Å². The van der Waals surface area contributed by atoms with Crippen LogP contribution >= 0.6 is 0 Å². The van der Waals surface area contributed by atoms with Gasteiger partial charge in [-0.1, -0.05) is 32.9 Å². The Labute approximate surface area is 114 Å². The predicted octanol–water partition coefficient (Wildman–Crippen LogP) is 3.38. The van der Waals surface area contributed by atoms with Crippen molar-refractivity contribution in [2.45, 2.75) is 46.5 Å². The molecule has 1 fully saturated rings. The second-order valence-electron chi connectivity index (χ2n) is 6.80. The smallest absolute Gasteiger partial charge is 0.151 e. The van der Waals surface area contributed by atoms with Gasteiger partial charge in [-0.15, -0.1) is 0 Å². The first-order valence-corrected chi connectivity index (χ1v) is 6.85. The third-order valence-electron chi connectivity index (χ3n) is 5.10. The molecule has 0 heterocycles. The molecule has 2 aliphatic rings. The maximum Gasteiger partial charge on any atom is 0.151 e. The minimum atomic E-state index is -1.05. The van der Waals surface area contributed by atoms with Crippen molar-refractivity contribution >= 4 is 5.78 Å². The van der Waals surface area contributed by atoms with Crippen LogP contribution in [-0.4, -0.2) is 5.78 Å². The number of nitrogens with zero attached hydrogens (tertiary/aromatic N) is 2. The maximum atomic E-state index is 12.8.